The molecule has 0 atom stereocenters. The molecule has 0 fully saturated rings. The Morgan fingerprint density at radius 2 is 1.32 bits per heavy atom. The van der Waals surface area contributed by atoms with E-state index in [1.165, 1.54) is 25.7 Å². The Morgan fingerprint density at radius 1 is 0.800 bits per heavy atom. The van der Waals surface area contributed by atoms with Gasteiger partial charge in [-0.15, -0.1) is 0 Å². The molecule has 0 aromatic carbocycles. The van der Waals surface area contributed by atoms with Gasteiger partial charge in [-0.2, -0.15) is 0 Å². The molecule has 0 spiro atoms. The standard InChI is InChI=1S/C21H41NO3/c1-4-7-10-11-14-20(23)19-22(16-12-8-5-2,17-13-9-6-3)18-15-21(24)25/h14H,4-13,15-19H2,1-3H3,(H-,23,24,25)/p+1/b20-14-. The molecule has 0 rings (SSSR count). The van der Waals surface area contributed by atoms with Crippen LogP contribution in [0, 0.1) is 0 Å². The molecule has 0 bridgehead atoms. The number of hydrogen-bond acceptors (Lipinski definition) is 2. The largest absolute Gasteiger partial charge is 0.507 e. The number of aliphatic carboxylic acids is 1. The predicted octanol–water partition coefficient (Wildman–Crippen LogP) is 5.68. The summed E-state index contributed by atoms with van der Waals surface area (Å²) in [5, 5.41) is 19.6. The maximum Gasteiger partial charge on any atom is 0.309 e. The van der Waals surface area contributed by atoms with Crippen molar-refractivity contribution in [2.75, 3.05) is 26.2 Å². The van der Waals surface area contributed by atoms with Crippen molar-refractivity contribution < 1.29 is 19.5 Å². The van der Waals surface area contributed by atoms with Gasteiger partial charge in [-0.3, -0.25) is 4.79 Å². The van der Waals surface area contributed by atoms with Gasteiger partial charge in [0.1, 0.15) is 12.3 Å². The molecule has 0 aromatic heterocycles. The third kappa shape index (κ3) is 12.9. The molecular formula is C21H42NO3+. The van der Waals surface area contributed by atoms with E-state index in [1.54, 1.807) is 0 Å². The maximum absolute atomic E-state index is 11.1. The highest BCUT2D eigenvalue weighted by molar-refractivity contribution is 5.66. The third-order valence-electron chi connectivity index (χ3n) is 4.96. The molecule has 0 saturated heterocycles. The van der Waals surface area contributed by atoms with Crippen LogP contribution < -0.4 is 0 Å². The molecule has 0 radical (unpaired) electrons. The zero-order valence-electron chi connectivity index (χ0n) is 16.9. The van der Waals surface area contributed by atoms with E-state index < -0.39 is 5.97 Å². The smallest absolute Gasteiger partial charge is 0.309 e. The highest BCUT2D eigenvalue weighted by Gasteiger charge is 2.28. The summed E-state index contributed by atoms with van der Waals surface area (Å²) >= 11 is 0. The van der Waals surface area contributed by atoms with Gasteiger partial charge in [-0.1, -0.05) is 46.5 Å². The number of carboxylic acid groups (broad SMARTS) is 1. The van der Waals surface area contributed by atoms with Crippen LogP contribution in [0.3, 0.4) is 0 Å². The van der Waals surface area contributed by atoms with E-state index in [1.807, 2.05) is 6.08 Å². The van der Waals surface area contributed by atoms with Crippen LogP contribution in [0.1, 0.15) is 91.4 Å². The molecule has 0 aromatic rings. The molecule has 25 heavy (non-hydrogen) atoms. The summed E-state index contributed by atoms with van der Waals surface area (Å²) in [5.41, 5.74) is 0. The molecule has 0 aliphatic heterocycles. The van der Waals surface area contributed by atoms with Crippen LogP contribution in [0.2, 0.25) is 0 Å². The minimum absolute atomic E-state index is 0.182. The average Bonchev–Trinajstić information content (AvgIpc) is 2.57. The van der Waals surface area contributed by atoms with Crippen molar-refractivity contribution in [1.29, 1.82) is 0 Å². The van der Waals surface area contributed by atoms with Gasteiger partial charge in [0.05, 0.1) is 26.1 Å². The Bertz CT molecular complexity index is 356. The van der Waals surface area contributed by atoms with Crippen molar-refractivity contribution in [3.05, 3.63) is 11.8 Å². The number of carboxylic acids is 1. The van der Waals surface area contributed by atoms with E-state index in [0.29, 0.717) is 18.8 Å². The lowest BCUT2D eigenvalue weighted by molar-refractivity contribution is -0.925. The van der Waals surface area contributed by atoms with Crippen molar-refractivity contribution >= 4 is 5.97 Å². The normalized spacial score (nSPS) is 12.5. The maximum atomic E-state index is 11.1. The van der Waals surface area contributed by atoms with Crippen LogP contribution in [0.25, 0.3) is 0 Å². The number of unbranched alkanes of at least 4 members (excludes halogenated alkanes) is 7. The summed E-state index contributed by atoms with van der Waals surface area (Å²) in [5.74, 6) is -0.283. The molecule has 0 amide bonds. The second-order valence-corrected chi connectivity index (χ2v) is 7.42. The first-order valence-electron chi connectivity index (χ1n) is 10.4. The highest BCUT2D eigenvalue weighted by Crippen LogP contribution is 2.18. The lowest BCUT2D eigenvalue weighted by Crippen LogP contribution is -2.51. The number of allylic oxidation sites excluding steroid dienone is 1. The second-order valence-electron chi connectivity index (χ2n) is 7.42. The van der Waals surface area contributed by atoms with Crippen LogP contribution in [-0.4, -0.2) is 46.8 Å². The quantitative estimate of drug-likeness (QED) is 0.200. The monoisotopic (exact) mass is 356 g/mol. The number of nitrogens with zero attached hydrogens (tertiary/aromatic N) is 1. The van der Waals surface area contributed by atoms with Gasteiger partial charge in [0, 0.05) is 0 Å². The molecule has 148 valence electrons. The first-order chi connectivity index (χ1) is 12.0. The second kappa shape index (κ2) is 15.2. The van der Waals surface area contributed by atoms with E-state index in [9.17, 15) is 9.90 Å². The minimum atomic E-state index is -0.736. The van der Waals surface area contributed by atoms with Crippen molar-refractivity contribution in [3.63, 3.8) is 0 Å². The van der Waals surface area contributed by atoms with E-state index in [0.717, 1.165) is 56.1 Å². The number of aliphatic hydroxyl groups is 1. The van der Waals surface area contributed by atoms with Crippen LogP contribution in [0.5, 0.6) is 0 Å². The zero-order valence-corrected chi connectivity index (χ0v) is 16.9. The Labute approximate surface area is 155 Å². The average molecular weight is 357 g/mol. The van der Waals surface area contributed by atoms with Gasteiger partial charge in [0.15, 0.2) is 0 Å². The van der Waals surface area contributed by atoms with Crippen molar-refractivity contribution in [3.8, 4) is 0 Å². The molecule has 0 unspecified atom stereocenters. The lowest BCUT2D eigenvalue weighted by Gasteiger charge is -2.38. The molecule has 4 heteroatoms. The SMILES string of the molecule is CCCCC/C=C(\O)C[N+](CCCCC)(CCCCC)CCC(=O)O. The van der Waals surface area contributed by atoms with E-state index >= 15 is 0 Å². The first-order valence-corrected chi connectivity index (χ1v) is 10.4. The molecule has 2 N–H and O–H groups in total. The summed E-state index contributed by atoms with van der Waals surface area (Å²) in [4.78, 5) is 11.1. The fourth-order valence-electron chi connectivity index (χ4n) is 3.37. The number of quaternary nitrogens is 1. The van der Waals surface area contributed by atoms with Gasteiger partial charge in [0.25, 0.3) is 0 Å². The van der Waals surface area contributed by atoms with Gasteiger partial charge >= 0.3 is 5.97 Å². The molecule has 4 nitrogen and oxygen atoms in total. The number of rotatable bonds is 17. The summed E-state index contributed by atoms with van der Waals surface area (Å²) in [7, 11) is 0. The predicted molar refractivity (Wildman–Crippen MR) is 106 cm³/mol. The highest BCUT2D eigenvalue weighted by atomic mass is 16.4. The first kappa shape index (κ1) is 24.0. The number of aliphatic hydroxyl groups excluding tert-OH is 1. The van der Waals surface area contributed by atoms with Crippen LogP contribution in [-0.2, 0) is 4.79 Å². The Hall–Kier alpha value is -1.03. The fourth-order valence-corrected chi connectivity index (χ4v) is 3.37. The van der Waals surface area contributed by atoms with Gasteiger partial charge in [0.2, 0.25) is 0 Å². The van der Waals surface area contributed by atoms with Crippen molar-refractivity contribution in [2.24, 2.45) is 0 Å². The van der Waals surface area contributed by atoms with Crippen molar-refractivity contribution in [1.82, 2.24) is 0 Å². The Balaban J connectivity index is 4.99. The minimum Gasteiger partial charge on any atom is -0.507 e. The molecular weight excluding hydrogens is 314 g/mol. The molecule has 0 aliphatic carbocycles. The fraction of sp³-hybridized carbons (Fsp3) is 0.857. The third-order valence-corrected chi connectivity index (χ3v) is 4.96. The van der Waals surface area contributed by atoms with Crippen LogP contribution >= 0.6 is 0 Å². The van der Waals surface area contributed by atoms with E-state index in [4.69, 9.17) is 5.11 Å². The molecule has 0 saturated carbocycles. The summed E-state index contributed by atoms with van der Waals surface area (Å²) < 4.78 is 0.725. The zero-order chi connectivity index (χ0) is 19.0. The summed E-state index contributed by atoms with van der Waals surface area (Å²) in [6, 6.07) is 0. The van der Waals surface area contributed by atoms with Gasteiger partial charge < -0.3 is 14.7 Å². The summed E-state index contributed by atoms with van der Waals surface area (Å²) in [6.07, 6.45) is 13.4. The van der Waals surface area contributed by atoms with Gasteiger partial charge in [-0.05, 0) is 44.6 Å². The lowest BCUT2D eigenvalue weighted by atomic mass is 10.1. The Morgan fingerprint density at radius 3 is 1.80 bits per heavy atom. The van der Waals surface area contributed by atoms with Crippen molar-refractivity contribution in [2.45, 2.75) is 91.4 Å². The van der Waals surface area contributed by atoms with Crippen LogP contribution in [0.4, 0.5) is 0 Å². The Kier molecular flexibility index (Phi) is 14.6. The van der Waals surface area contributed by atoms with Crippen LogP contribution in [0.15, 0.2) is 11.8 Å². The molecule has 0 aliphatic rings. The number of hydrogen-bond donors (Lipinski definition) is 2. The summed E-state index contributed by atoms with van der Waals surface area (Å²) in [6.45, 7) is 9.71. The topological polar surface area (TPSA) is 57.5 Å². The number of carbonyl (C=O) groups is 1. The van der Waals surface area contributed by atoms with Gasteiger partial charge in [-0.25, -0.2) is 0 Å². The molecule has 0 heterocycles. The van der Waals surface area contributed by atoms with E-state index in [-0.39, 0.29) is 6.42 Å². The van der Waals surface area contributed by atoms with E-state index in [2.05, 4.69) is 20.8 Å².